The number of thiophene rings is 1. The molecule has 2 aromatic rings. The molecule has 0 saturated carbocycles. The molecule has 1 aromatic carbocycles. The lowest BCUT2D eigenvalue weighted by molar-refractivity contribution is -0.113. The van der Waals surface area contributed by atoms with Crippen molar-refractivity contribution in [1.82, 2.24) is 0 Å². The fourth-order valence-corrected chi connectivity index (χ4v) is 4.19. The van der Waals surface area contributed by atoms with Crippen LogP contribution in [0.4, 0.5) is 5.69 Å². The molecular weight excluding hydrogens is 266 g/mol. The molecule has 2 N–H and O–H groups in total. The molecule has 1 aromatic heterocycles. The average Bonchev–Trinajstić information content (AvgIpc) is 2.74. The van der Waals surface area contributed by atoms with Gasteiger partial charge in [-0.05, 0) is 29.1 Å². The van der Waals surface area contributed by atoms with E-state index in [0.717, 1.165) is 16.1 Å². The minimum atomic E-state index is 0.0425. The summed E-state index contributed by atoms with van der Waals surface area (Å²) >= 11 is 3.26. The molecule has 1 aliphatic heterocycles. The Morgan fingerprint density at radius 1 is 1.22 bits per heavy atom. The zero-order chi connectivity index (χ0) is 12.5. The van der Waals surface area contributed by atoms with E-state index in [-0.39, 0.29) is 16.9 Å². The van der Waals surface area contributed by atoms with Gasteiger partial charge in [-0.3, -0.25) is 4.79 Å². The summed E-state index contributed by atoms with van der Waals surface area (Å²) in [5.74, 6) is 0.756. The summed E-state index contributed by atoms with van der Waals surface area (Å²) in [7, 11) is 0. The van der Waals surface area contributed by atoms with Gasteiger partial charge in [0.15, 0.2) is 0 Å². The van der Waals surface area contributed by atoms with Crippen LogP contribution in [0.15, 0.2) is 35.7 Å². The van der Waals surface area contributed by atoms with E-state index >= 15 is 0 Å². The van der Waals surface area contributed by atoms with Crippen LogP contribution >= 0.6 is 23.1 Å². The van der Waals surface area contributed by atoms with Crippen LogP contribution in [0.2, 0.25) is 0 Å². The predicted octanol–water partition coefficient (Wildman–Crippen LogP) is 3.23. The normalized spacial score (nSPS) is 18.9. The van der Waals surface area contributed by atoms with E-state index in [0.29, 0.717) is 5.75 Å². The fourth-order valence-electron chi connectivity index (χ4n) is 1.94. The summed E-state index contributed by atoms with van der Waals surface area (Å²) in [5, 5.41) is 14.4. The summed E-state index contributed by atoms with van der Waals surface area (Å²) in [6.07, 6.45) is 0. The van der Waals surface area contributed by atoms with Crippen molar-refractivity contribution >= 4 is 34.7 Å². The molecular formula is C13H11NO2S2. The van der Waals surface area contributed by atoms with Gasteiger partial charge in [0.2, 0.25) is 5.91 Å². The third kappa shape index (κ3) is 2.11. The van der Waals surface area contributed by atoms with Gasteiger partial charge in [0, 0.05) is 4.88 Å². The van der Waals surface area contributed by atoms with Crippen molar-refractivity contribution < 1.29 is 9.90 Å². The Morgan fingerprint density at radius 3 is 2.78 bits per heavy atom. The Kier molecular flexibility index (Phi) is 3.01. The number of hydrogen-bond donors (Lipinski definition) is 2. The fraction of sp³-hybridized carbons (Fsp3) is 0.154. The van der Waals surface area contributed by atoms with E-state index in [4.69, 9.17) is 0 Å². The second kappa shape index (κ2) is 4.66. The largest absolute Gasteiger partial charge is 0.508 e. The molecule has 0 radical (unpaired) electrons. The molecule has 5 heteroatoms. The molecule has 0 unspecified atom stereocenters. The Bertz CT molecular complexity index is 577. The molecule has 0 spiro atoms. The van der Waals surface area contributed by atoms with Crippen LogP contribution in [0.5, 0.6) is 5.75 Å². The molecule has 3 nitrogen and oxygen atoms in total. The van der Waals surface area contributed by atoms with E-state index in [1.165, 1.54) is 0 Å². The number of carbonyl (C=O) groups excluding carboxylic acids is 1. The summed E-state index contributed by atoms with van der Waals surface area (Å²) in [4.78, 5) is 12.8. The third-order valence-corrected chi connectivity index (χ3v) is 5.19. The Balaban J connectivity index is 2.02. The molecule has 18 heavy (non-hydrogen) atoms. The Morgan fingerprint density at radius 2 is 2.00 bits per heavy atom. The molecule has 92 valence electrons. The van der Waals surface area contributed by atoms with E-state index in [1.807, 2.05) is 23.6 Å². The van der Waals surface area contributed by atoms with Crippen LogP contribution in [0.1, 0.15) is 15.7 Å². The van der Waals surface area contributed by atoms with Crippen molar-refractivity contribution in [3.8, 4) is 5.75 Å². The van der Waals surface area contributed by atoms with Gasteiger partial charge in [0.25, 0.3) is 0 Å². The van der Waals surface area contributed by atoms with Crippen molar-refractivity contribution in [3.05, 3.63) is 46.2 Å². The predicted molar refractivity (Wildman–Crippen MR) is 75.4 cm³/mol. The molecule has 0 fully saturated rings. The second-order valence-electron chi connectivity index (χ2n) is 4.03. The maximum absolute atomic E-state index is 11.6. The molecule has 1 atom stereocenters. The van der Waals surface area contributed by atoms with Gasteiger partial charge in [-0.15, -0.1) is 23.1 Å². The molecule has 0 saturated heterocycles. The van der Waals surface area contributed by atoms with Crippen LogP contribution in [-0.2, 0) is 4.79 Å². The number of fused-ring (bicyclic) bond motifs is 1. The highest BCUT2D eigenvalue weighted by Crippen LogP contribution is 2.44. The van der Waals surface area contributed by atoms with Crippen molar-refractivity contribution in [2.45, 2.75) is 5.25 Å². The van der Waals surface area contributed by atoms with Crippen LogP contribution < -0.4 is 5.32 Å². The van der Waals surface area contributed by atoms with Crippen molar-refractivity contribution in [1.29, 1.82) is 0 Å². The number of rotatable bonds is 1. The lowest BCUT2D eigenvalue weighted by Crippen LogP contribution is -2.11. The number of hydrogen-bond acceptors (Lipinski definition) is 4. The lowest BCUT2D eigenvalue weighted by Gasteiger charge is -2.13. The number of amides is 1. The van der Waals surface area contributed by atoms with Gasteiger partial charge >= 0.3 is 0 Å². The molecule has 0 aliphatic carbocycles. The molecule has 1 amide bonds. The van der Waals surface area contributed by atoms with E-state index < -0.39 is 0 Å². The summed E-state index contributed by atoms with van der Waals surface area (Å²) in [5.41, 5.74) is 2.02. The van der Waals surface area contributed by atoms with Crippen LogP contribution in [0.25, 0.3) is 0 Å². The highest BCUT2D eigenvalue weighted by molar-refractivity contribution is 8.00. The minimum Gasteiger partial charge on any atom is -0.508 e. The van der Waals surface area contributed by atoms with E-state index in [9.17, 15) is 9.90 Å². The highest BCUT2D eigenvalue weighted by Gasteiger charge is 2.25. The smallest absolute Gasteiger partial charge is 0.234 e. The first kappa shape index (κ1) is 11.6. The number of carbonyl (C=O) groups is 1. The molecule has 0 bridgehead atoms. The first-order valence-corrected chi connectivity index (χ1v) is 7.44. The van der Waals surface area contributed by atoms with E-state index in [2.05, 4.69) is 5.32 Å². The highest BCUT2D eigenvalue weighted by atomic mass is 32.2. The van der Waals surface area contributed by atoms with Crippen LogP contribution in [-0.4, -0.2) is 16.8 Å². The summed E-state index contributed by atoms with van der Waals surface area (Å²) < 4.78 is 0. The van der Waals surface area contributed by atoms with Crippen molar-refractivity contribution in [2.75, 3.05) is 11.1 Å². The SMILES string of the molecule is O=C1CS[C@@H](c2ccc(O)cc2)c2sccc2N1. The van der Waals surface area contributed by atoms with Gasteiger partial charge in [-0.2, -0.15) is 0 Å². The van der Waals surface area contributed by atoms with E-state index in [1.54, 1.807) is 35.2 Å². The van der Waals surface area contributed by atoms with Crippen LogP contribution in [0.3, 0.4) is 0 Å². The second-order valence-corrected chi connectivity index (χ2v) is 6.07. The standard InChI is InChI=1S/C13H11NO2S2/c15-9-3-1-8(2-4-9)12-13-10(5-6-17-13)14-11(16)7-18-12/h1-6,12,15H,7H2,(H,14,16)/t12-/m0/s1. The van der Waals surface area contributed by atoms with Gasteiger partial charge in [0.1, 0.15) is 5.75 Å². The minimum absolute atomic E-state index is 0.0425. The maximum Gasteiger partial charge on any atom is 0.234 e. The first-order valence-electron chi connectivity index (χ1n) is 5.52. The topological polar surface area (TPSA) is 49.3 Å². The van der Waals surface area contributed by atoms with Crippen molar-refractivity contribution in [2.24, 2.45) is 0 Å². The van der Waals surface area contributed by atoms with Gasteiger partial charge in [-0.25, -0.2) is 0 Å². The molecule has 1 aliphatic rings. The zero-order valence-corrected chi connectivity index (χ0v) is 11.1. The summed E-state index contributed by atoms with van der Waals surface area (Å²) in [6, 6.07) is 9.13. The number of nitrogens with one attached hydrogen (secondary N) is 1. The number of phenols is 1. The third-order valence-electron chi connectivity index (χ3n) is 2.78. The average molecular weight is 277 g/mol. The monoisotopic (exact) mass is 277 g/mol. The van der Waals surface area contributed by atoms with Crippen molar-refractivity contribution in [3.63, 3.8) is 0 Å². The number of anilines is 1. The first-order chi connectivity index (χ1) is 8.74. The van der Waals surface area contributed by atoms with Crippen LogP contribution in [0, 0.1) is 0 Å². The quantitative estimate of drug-likeness (QED) is 0.841. The molecule has 3 rings (SSSR count). The number of benzene rings is 1. The Hall–Kier alpha value is -1.46. The summed E-state index contributed by atoms with van der Waals surface area (Å²) in [6.45, 7) is 0. The van der Waals surface area contributed by atoms with Gasteiger partial charge in [0.05, 0.1) is 16.7 Å². The molecule has 2 heterocycles. The number of thioether (sulfide) groups is 1. The zero-order valence-electron chi connectivity index (χ0n) is 9.42. The Labute approximate surface area is 113 Å². The number of phenolic OH excluding ortho intramolecular Hbond substituents is 1. The van der Waals surface area contributed by atoms with Gasteiger partial charge < -0.3 is 10.4 Å². The lowest BCUT2D eigenvalue weighted by atomic mass is 10.1. The maximum atomic E-state index is 11.6. The number of aromatic hydroxyl groups is 1. The van der Waals surface area contributed by atoms with Gasteiger partial charge in [-0.1, -0.05) is 12.1 Å².